The molecule has 11 heteroatoms. The molecular weight excluding hydrogens is 686 g/mol. The minimum atomic E-state index is -0.362. The molecule has 2 N–H and O–H groups in total. The molecule has 0 spiro atoms. The Hall–Kier alpha value is -5.10. The van der Waals surface area contributed by atoms with Crippen LogP contribution in [0.4, 0.5) is 10.5 Å². The summed E-state index contributed by atoms with van der Waals surface area (Å²) < 4.78 is 35.4. The number of methoxy groups -OCH3 is 1. The van der Waals surface area contributed by atoms with Crippen molar-refractivity contribution in [2.24, 2.45) is 5.73 Å². The van der Waals surface area contributed by atoms with Gasteiger partial charge in [-0.3, -0.25) is 4.79 Å². The van der Waals surface area contributed by atoms with Crippen molar-refractivity contribution >= 4 is 17.7 Å². The Balaban J connectivity index is 1.07. The summed E-state index contributed by atoms with van der Waals surface area (Å²) in [6, 6.07) is 31.5. The lowest BCUT2D eigenvalue weighted by molar-refractivity contribution is -0.121. The molecule has 11 nitrogen and oxygen atoms in total. The number of likely N-dealkylation sites (tertiary alicyclic amines) is 1. The molecule has 2 unspecified atom stereocenters. The molecule has 2 heterocycles. The topological polar surface area (TPSA) is 122 Å². The third-order valence-electron chi connectivity index (χ3n) is 9.75. The maximum Gasteiger partial charge on any atom is 0.410 e. The maximum atomic E-state index is 13.2. The average Bonchev–Trinajstić information content (AvgIpc) is 3.22. The number of rotatable bonds is 18. The van der Waals surface area contributed by atoms with E-state index in [1.54, 1.807) is 16.9 Å². The van der Waals surface area contributed by atoms with E-state index in [4.69, 9.17) is 34.2 Å². The van der Waals surface area contributed by atoms with E-state index in [9.17, 15) is 9.59 Å². The van der Waals surface area contributed by atoms with Crippen LogP contribution in [0.3, 0.4) is 0 Å². The standard InChI is InChI=1S/C43H51N3O8/c1-49-39-13-6-5-12-35(39)30-50-24-9-25-51-36-17-15-34(16-18-36)37-20-23-45(43(48)54-28-32-10-3-2-4-11-32)27-41(37)52-29-33-14-19-40-38(26-33)46(22-8-7-21-44)42(47)31-53-40/h2-6,10-19,26,37,41H,7-9,20-25,27-31,44H2,1H3. The van der Waals surface area contributed by atoms with Gasteiger partial charge in [0.2, 0.25) is 0 Å². The summed E-state index contributed by atoms with van der Waals surface area (Å²) in [4.78, 5) is 29.5. The van der Waals surface area contributed by atoms with Gasteiger partial charge in [0.15, 0.2) is 6.61 Å². The molecule has 0 radical (unpaired) electrons. The summed E-state index contributed by atoms with van der Waals surface area (Å²) >= 11 is 0. The smallest absolute Gasteiger partial charge is 0.410 e. The number of nitrogens with zero attached hydrogens (tertiary/aromatic N) is 2. The molecule has 0 bridgehead atoms. The number of ether oxygens (including phenoxy) is 6. The summed E-state index contributed by atoms with van der Waals surface area (Å²) in [6.07, 6.45) is 2.44. The van der Waals surface area contributed by atoms with Crippen LogP contribution in [0, 0.1) is 0 Å². The zero-order chi connectivity index (χ0) is 37.5. The van der Waals surface area contributed by atoms with Crippen molar-refractivity contribution in [1.29, 1.82) is 0 Å². The Kier molecular flexibility index (Phi) is 14.2. The lowest BCUT2D eigenvalue weighted by atomic mass is 9.87. The average molecular weight is 738 g/mol. The first-order chi connectivity index (χ1) is 26.5. The number of hydrogen-bond donors (Lipinski definition) is 1. The number of anilines is 1. The van der Waals surface area contributed by atoms with Crippen LogP contribution in [0.15, 0.2) is 97.1 Å². The molecule has 286 valence electrons. The molecule has 1 saturated heterocycles. The second-order valence-corrected chi connectivity index (χ2v) is 13.5. The number of nitrogens with two attached hydrogens (primary N) is 1. The highest BCUT2D eigenvalue weighted by atomic mass is 16.6. The van der Waals surface area contributed by atoms with Gasteiger partial charge in [0.05, 0.1) is 51.9 Å². The molecule has 2 atom stereocenters. The van der Waals surface area contributed by atoms with E-state index in [2.05, 4.69) is 12.1 Å². The van der Waals surface area contributed by atoms with E-state index in [1.807, 2.05) is 84.9 Å². The molecule has 2 aliphatic rings. The van der Waals surface area contributed by atoms with E-state index in [0.717, 1.165) is 58.7 Å². The van der Waals surface area contributed by atoms with E-state index in [1.165, 1.54) is 0 Å². The van der Waals surface area contributed by atoms with Crippen LogP contribution in [0.2, 0.25) is 0 Å². The van der Waals surface area contributed by atoms with Gasteiger partial charge in [-0.05, 0) is 72.8 Å². The fourth-order valence-corrected chi connectivity index (χ4v) is 6.81. The number of unbranched alkanes of at least 4 members (excludes halogenated alkanes) is 1. The van der Waals surface area contributed by atoms with E-state index >= 15 is 0 Å². The van der Waals surface area contributed by atoms with E-state index in [-0.39, 0.29) is 37.2 Å². The lowest BCUT2D eigenvalue weighted by Gasteiger charge is -2.38. The number of hydrogen-bond acceptors (Lipinski definition) is 9. The van der Waals surface area contributed by atoms with Crippen molar-refractivity contribution in [1.82, 2.24) is 4.90 Å². The van der Waals surface area contributed by atoms with Crippen LogP contribution in [0.1, 0.15) is 53.9 Å². The van der Waals surface area contributed by atoms with Crippen LogP contribution in [-0.4, -0.2) is 76.1 Å². The highest BCUT2D eigenvalue weighted by Gasteiger charge is 2.34. The SMILES string of the molecule is COc1ccccc1COCCCOc1ccc(C2CCN(C(=O)OCc3ccccc3)CC2OCc2ccc3c(c2)N(CCCCN)C(=O)CO3)cc1. The predicted molar refractivity (Wildman–Crippen MR) is 206 cm³/mol. The maximum absolute atomic E-state index is 13.2. The molecule has 54 heavy (non-hydrogen) atoms. The monoisotopic (exact) mass is 737 g/mol. The largest absolute Gasteiger partial charge is 0.496 e. The molecule has 0 aromatic heterocycles. The molecule has 0 saturated carbocycles. The molecule has 4 aromatic rings. The second-order valence-electron chi connectivity index (χ2n) is 13.5. The van der Waals surface area contributed by atoms with E-state index < -0.39 is 0 Å². The van der Waals surface area contributed by atoms with Gasteiger partial charge in [-0.25, -0.2) is 4.79 Å². The Morgan fingerprint density at radius 3 is 2.50 bits per heavy atom. The first kappa shape index (κ1) is 38.6. The number of carbonyl (C=O) groups is 2. The zero-order valence-electron chi connectivity index (χ0n) is 31.0. The van der Waals surface area contributed by atoms with Crippen molar-refractivity contribution < 1.29 is 38.0 Å². The lowest BCUT2D eigenvalue weighted by Crippen LogP contribution is -2.47. The third-order valence-corrected chi connectivity index (χ3v) is 9.75. The highest BCUT2D eigenvalue weighted by Crippen LogP contribution is 2.36. The highest BCUT2D eigenvalue weighted by molar-refractivity contribution is 5.97. The molecular formula is C43H51N3O8. The van der Waals surface area contributed by atoms with Crippen molar-refractivity contribution in [3.63, 3.8) is 0 Å². The van der Waals surface area contributed by atoms with Crippen molar-refractivity contribution in [3.05, 3.63) is 119 Å². The number of carbonyl (C=O) groups excluding carboxylic acids is 2. The molecule has 4 aromatic carbocycles. The fraction of sp³-hybridized carbons (Fsp3) is 0.395. The normalized spacial score (nSPS) is 16.7. The van der Waals surface area contributed by atoms with Crippen LogP contribution in [0.25, 0.3) is 0 Å². The van der Waals surface area contributed by atoms with Gasteiger partial charge < -0.3 is 44.0 Å². The Labute approximate surface area is 317 Å². The zero-order valence-corrected chi connectivity index (χ0v) is 31.0. The number of benzene rings is 4. The van der Waals surface area contributed by atoms with Gasteiger partial charge in [-0.15, -0.1) is 0 Å². The van der Waals surface area contributed by atoms with Crippen molar-refractivity contribution in [2.45, 2.75) is 57.5 Å². The van der Waals surface area contributed by atoms with E-state index in [0.29, 0.717) is 64.8 Å². The second kappa shape index (κ2) is 19.8. The molecule has 1 fully saturated rings. The molecule has 2 amide bonds. The van der Waals surface area contributed by atoms with Gasteiger partial charge in [0.1, 0.15) is 23.9 Å². The number of fused-ring (bicyclic) bond motifs is 1. The Morgan fingerprint density at radius 1 is 0.870 bits per heavy atom. The minimum absolute atomic E-state index is 0.0223. The first-order valence-electron chi connectivity index (χ1n) is 18.8. The Bertz CT molecular complexity index is 1790. The fourth-order valence-electron chi connectivity index (χ4n) is 6.81. The van der Waals surface area contributed by atoms with Crippen molar-refractivity contribution in [2.75, 3.05) is 58.0 Å². The summed E-state index contributed by atoms with van der Waals surface area (Å²) in [5, 5.41) is 0. The summed E-state index contributed by atoms with van der Waals surface area (Å²) in [7, 11) is 1.66. The van der Waals surface area contributed by atoms with Gasteiger partial charge in [-0.2, -0.15) is 0 Å². The summed E-state index contributed by atoms with van der Waals surface area (Å²) in [6.45, 7) is 4.20. The molecule has 0 aliphatic carbocycles. The predicted octanol–water partition coefficient (Wildman–Crippen LogP) is 6.86. The number of amides is 2. The van der Waals surface area contributed by atoms with Crippen LogP contribution < -0.4 is 24.8 Å². The van der Waals surface area contributed by atoms with Crippen LogP contribution in [0.5, 0.6) is 17.2 Å². The van der Waals surface area contributed by atoms with Gasteiger partial charge in [0, 0.05) is 31.0 Å². The first-order valence-corrected chi connectivity index (χ1v) is 18.8. The third kappa shape index (κ3) is 10.5. The minimum Gasteiger partial charge on any atom is -0.496 e. The van der Waals surface area contributed by atoms with Gasteiger partial charge in [0.25, 0.3) is 5.91 Å². The molecule has 2 aliphatic heterocycles. The summed E-state index contributed by atoms with van der Waals surface area (Å²) in [5.74, 6) is 2.25. The van der Waals surface area contributed by atoms with Crippen LogP contribution in [-0.2, 0) is 38.8 Å². The number of piperidine rings is 1. The van der Waals surface area contributed by atoms with Gasteiger partial charge >= 0.3 is 6.09 Å². The summed E-state index contributed by atoms with van der Waals surface area (Å²) in [5.41, 5.74) is 10.4. The van der Waals surface area contributed by atoms with Crippen LogP contribution >= 0.6 is 0 Å². The van der Waals surface area contributed by atoms with Crippen molar-refractivity contribution in [3.8, 4) is 17.2 Å². The van der Waals surface area contributed by atoms with Gasteiger partial charge in [-0.1, -0.05) is 66.7 Å². The quantitative estimate of drug-likeness (QED) is 0.109. The molecule has 6 rings (SSSR count). The Morgan fingerprint density at radius 2 is 1.69 bits per heavy atom. The number of para-hydroxylation sites is 1.